The highest BCUT2D eigenvalue weighted by Crippen LogP contribution is 2.27. The minimum Gasteiger partial charge on any atom is -0.497 e. The number of ether oxygens (including phenoxy) is 3. The first-order valence-corrected chi connectivity index (χ1v) is 14.5. The quantitative estimate of drug-likeness (QED) is 0.235. The second kappa shape index (κ2) is 13.6. The Bertz CT molecular complexity index is 1520. The van der Waals surface area contributed by atoms with Crippen LogP contribution >= 0.6 is 0 Å². The predicted octanol–water partition coefficient (Wildman–Crippen LogP) is 5.94. The number of benzene rings is 3. The lowest BCUT2D eigenvalue weighted by Crippen LogP contribution is -2.42. The third-order valence-electron chi connectivity index (χ3n) is 7.59. The lowest BCUT2D eigenvalue weighted by Gasteiger charge is -2.25. The Morgan fingerprint density at radius 2 is 1.63 bits per heavy atom. The molecule has 0 bridgehead atoms. The zero-order valence-corrected chi connectivity index (χ0v) is 25.1. The number of amides is 2. The van der Waals surface area contributed by atoms with E-state index in [1.807, 2.05) is 47.2 Å². The Kier molecular flexibility index (Phi) is 9.41. The summed E-state index contributed by atoms with van der Waals surface area (Å²) in [5.74, 6) is 1.55. The predicted molar refractivity (Wildman–Crippen MR) is 166 cm³/mol. The number of methoxy groups -OCH3 is 2. The average molecular weight is 583 g/mol. The van der Waals surface area contributed by atoms with Crippen molar-refractivity contribution in [2.24, 2.45) is 0 Å². The Hall–Kier alpha value is -4.63. The number of rotatable bonds is 11. The van der Waals surface area contributed by atoms with Gasteiger partial charge in [0, 0.05) is 36.2 Å². The molecule has 9 heteroatoms. The molecule has 1 aliphatic heterocycles. The van der Waals surface area contributed by atoms with Gasteiger partial charge in [0.15, 0.2) is 0 Å². The van der Waals surface area contributed by atoms with Crippen LogP contribution in [0.2, 0.25) is 0 Å². The summed E-state index contributed by atoms with van der Waals surface area (Å²) < 4.78 is 18.2. The number of imidazole rings is 1. The number of hydrogen-bond donors (Lipinski definition) is 1. The Labute approximate surface area is 252 Å². The van der Waals surface area contributed by atoms with E-state index < -0.39 is 0 Å². The third kappa shape index (κ3) is 7.24. The van der Waals surface area contributed by atoms with E-state index in [0.29, 0.717) is 42.0 Å². The normalized spacial score (nSPS) is 14.5. The summed E-state index contributed by atoms with van der Waals surface area (Å²) in [6.07, 6.45) is 3.56. The summed E-state index contributed by atoms with van der Waals surface area (Å²) in [5.41, 5.74) is 4.12. The second-order valence-electron chi connectivity index (χ2n) is 10.9. The van der Waals surface area contributed by atoms with Crippen LogP contribution in [0.25, 0.3) is 16.9 Å². The number of aromatic nitrogens is 2. The number of anilines is 1. The molecule has 1 fully saturated rings. The van der Waals surface area contributed by atoms with Crippen molar-refractivity contribution in [1.82, 2.24) is 14.5 Å². The first kappa shape index (κ1) is 29.8. The molecule has 224 valence electrons. The molecule has 0 aliphatic carbocycles. The molecule has 3 aromatic carbocycles. The van der Waals surface area contributed by atoms with Gasteiger partial charge in [0.25, 0.3) is 5.91 Å². The van der Waals surface area contributed by atoms with Crippen molar-refractivity contribution in [3.63, 3.8) is 0 Å². The van der Waals surface area contributed by atoms with Crippen LogP contribution in [0.4, 0.5) is 5.95 Å². The maximum atomic E-state index is 13.6. The molecule has 1 saturated heterocycles. The topological polar surface area (TPSA) is 94.9 Å². The van der Waals surface area contributed by atoms with Gasteiger partial charge in [-0.05, 0) is 85.0 Å². The summed E-state index contributed by atoms with van der Waals surface area (Å²) in [5, 5.41) is 2.97. The average Bonchev–Trinajstić information content (AvgIpc) is 3.71. The van der Waals surface area contributed by atoms with E-state index in [4.69, 9.17) is 19.2 Å². The number of carbonyl (C=O) groups is 2. The lowest BCUT2D eigenvalue weighted by atomic mass is 10.0. The zero-order chi connectivity index (χ0) is 30.3. The van der Waals surface area contributed by atoms with Gasteiger partial charge in [0.1, 0.15) is 18.0 Å². The molecule has 2 heterocycles. The van der Waals surface area contributed by atoms with Gasteiger partial charge in [0.2, 0.25) is 11.9 Å². The number of nitrogens with zero attached hydrogens (tertiary/aromatic N) is 3. The fourth-order valence-corrected chi connectivity index (χ4v) is 5.09. The van der Waals surface area contributed by atoms with Gasteiger partial charge in [-0.15, -0.1) is 0 Å². The minimum atomic E-state index is -0.355. The van der Waals surface area contributed by atoms with Crippen molar-refractivity contribution in [3.05, 3.63) is 90.1 Å². The van der Waals surface area contributed by atoms with Crippen LogP contribution in [0.5, 0.6) is 11.5 Å². The van der Waals surface area contributed by atoms with E-state index in [1.54, 1.807) is 43.4 Å². The molecule has 1 N–H and O–H groups in total. The van der Waals surface area contributed by atoms with Gasteiger partial charge in [-0.1, -0.05) is 26.0 Å². The standard InChI is InChI=1S/C34H38N4O5/c1-23(2)24-7-13-27(14-8-24)38-21-31(25-9-15-28(41-3)16-10-25)35-34(38)36-32(39)22-37(20-30-6-5-19-43-30)33(40)26-11-17-29(42-4)18-12-26/h7-18,21,23,30H,5-6,19-20,22H2,1-4H3,(H,35,36,39)/t30-/m1/s1. The monoisotopic (exact) mass is 582 g/mol. The summed E-state index contributed by atoms with van der Waals surface area (Å²) in [7, 11) is 3.20. The van der Waals surface area contributed by atoms with Crippen LogP contribution in [0.1, 0.15) is 48.5 Å². The SMILES string of the molecule is COc1ccc(C(=O)N(CC(=O)Nc2nc(-c3ccc(OC)cc3)cn2-c2ccc(C(C)C)cc2)C[C@H]2CCCO2)cc1. The first-order valence-electron chi connectivity index (χ1n) is 14.5. The molecule has 0 unspecified atom stereocenters. The molecule has 5 rings (SSSR count). The molecule has 1 aliphatic rings. The van der Waals surface area contributed by atoms with Gasteiger partial charge < -0.3 is 19.1 Å². The largest absolute Gasteiger partial charge is 0.497 e. The van der Waals surface area contributed by atoms with Gasteiger partial charge in [0.05, 0.1) is 26.0 Å². The van der Waals surface area contributed by atoms with Crippen LogP contribution in [0.3, 0.4) is 0 Å². The van der Waals surface area contributed by atoms with Crippen molar-refractivity contribution in [3.8, 4) is 28.4 Å². The van der Waals surface area contributed by atoms with Crippen LogP contribution in [0.15, 0.2) is 79.0 Å². The Morgan fingerprint density at radius 3 is 2.21 bits per heavy atom. The highest BCUT2D eigenvalue weighted by Gasteiger charge is 2.26. The summed E-state index contributed by atoms with van der Waals surface area (Å²) in [4.78, 5) is 33.4. The molecular formula is C34H38N4O5. The molecule has 0 radical (unpaired) electrons. The van der Waals surface area contributed by atoms with Crippen molar-refractivity contribution in [2.45, 2.75) is 38.7 Å². The smallest absolute Gasteiger partial charge is 0.254 e. The van der Waals surface area contributed by atoms with Crippen LogP contribution in [-0.2, 0) is 9.53 Å². The second-order valence-corrected chi connectivity index (χ2v) is 10.9. The molecule has 9 nitrogen and oxygen atoms in total. The summed E-state index contributed by atoms with van der Waals surface area (Å²) in [6, 6.07) is 22.7. The first-order chi connectivity index (χ1) is 20.8. The molecule has 2 amide bonds. The third-order valence-corrected chi connectivity index (χ3v) is 7.59. The number of carbonyl (C=O) groups excluding carboxylic acids is 2. The molecular weight excluding hydrogens is 544 g/mol. The zero-order valence-electron chi connectivity index (χ0n) is 25.1. The van der Waals surface area contributed by atoms with Crippen molar-refractivity contribution in [2.75, 3.05) is 39.2 Å². The molecule has 1 aromatic heterocycles. The maximum Gasteiger partial charge on any atom is 0.254 e. The molecule has 43 heavy (non-hydrogen) atoms. The fraction of sp³-hybridized carbons (Fsp3) is 0.324. The van der Waals surface area contributed by atoms with E-state index in [1.165, 1.54) is 5.56 Å². The van der Waals surface area contributed by atoms with Gasteiger partial charge in [-0.25, -0.2) is 4.98 Å². The van der Waals surface area contributed by atoms with Crippen LogP contribution in [0, 0.1) is 0 Å². The molecule has 4 aromatic rings. The van der Waals surface area contributed by atoms with Gasteiger partial charge in [-0.3, -0.25) is 19.5 Å². The van der Waals surface area contributed by atoms with Crippen LogP contribution in [-0.4, -0.2) is 66.3 Å². The highest BCUT2D eigenvalue weighted by atomic mass is 16.5. The Morgan fingerprint density at radius 1 is 0.977 bits per heavy atom. The van der Waals surface area contributed by atoms with Gasteiger partial charge in [-0.2, -0.15) is 0 Å². The Balaban J connectivity index is 1.42. The summed E-state index contributed by atoms with van der Waals surface area (Å²) in [6.45, 7) is 5.12. The summed E-state index contributed by atoms with van der Waals surface area (Å²) >= 11 is 0. The number of nitrogens with one attached hydrogen (secondary N) is 1. The molecule has 0 spiro atoms. The fourth-order valence-electron chi connectivity index (χ4n) is 5.09. The van der Waals surface area contributed by atoms with Gasteiger partial charge >= 0.3 is 0 Å². The maximum absolute atomic E-state index is 13.6. The van der Waals surface area contributed by atoms with Crippen molar-refractivity contribution < 1.29 is 23.8 Å². The molecule has 1 atom stereocenters. The van der Waals surface area contributed by atoms with E-state index in [2.05, 4.69) is 31.3 Å². The number of hydrogen-bond acceptors (Lipinski definition) is 6. The highest BCUT2D eigenvalue weighted by molar-refractivity contribution is 5.99. The van der Waals surface area contributed by atoms with Crippen molar-refractivity contribution >= 4 is 17.8 Å². The van der Waals surface area contributed by atoms with Crippen LogP contribution < -0.4 is 14.8 Å². The van der Waals surface area contributed by atoms with E-state index in [0.717, 1.165) is 29.8 Å². The van der Waals surface area contributed by atoms with E-state index in [-0.39, 0.29) is 24.5 Å². The minimum absolute atomic E-state index is 0.113. The molecule has 0 saturated carbocycles. The van der Waals surface area contributed by atoms with Crippen molar-refractivity contribution in [1.29, 1.82) is 0 Å². The lowest BCUT2D eigenvalue weighted by molar-refractivity contribution is -0.117. The van der Waals surface area contributed by atoms with E-state index >= 15 is 0 Å². The van der Waals surface area contributed by atoms with E-state index in [9.17, 15) is 9.59 Å².